The van der Waals surface area contributed by atoms with E-state index in [4.69, 9.17) is 9.40 Å². The molecular weight excluding hydrogens is 260 g/mol. The summed E-state index contributed by atoms with van der Waals surface area (Å²) in [5.74, 6) is 1.42. The largest absolute Gasteiger partial charge is 0.440 e. The first-order valence-electron chi connectivity index (χ1n) is 7.95. The summed E-state index contributed by atoms with van der Waals surface area (Å²) in [4.78, 5) is 4.86. The number of benzene rings is 1. The molecule has 0 bridgehead atoms. The number of rotatable bonds is 2. The van der Waals surface area contributed by atoms with Crippen LogP contribution in [0, 0.1) is 5.92 Å². The number of aromatic nitrogens is 1. The monoisotopic (exact) mass is 286 g/mol. The summed E-state index contributed by atoms with van der Waals surface area (Å²) in [5, 5.41) is 3.47. The summed E-state index contributed by atoms with van der Waals surface area (Å²) in [7, 11) is 0. The first-order chi connectivity index (χ1) is 9.83. The molecule has 3 heteroatoms. The van der Waals surface area contributed by atoms with E-state index in [-0.39, 0.29) is 10.8 Å². The lowest BCUT2D eigenvalue weighted by Gasteiger charge is -2.28. The molecule has 1 aliphatic rings. The summed E-state index contributed by atoms with van der Waals surface area (Å²) in [6, 6.07) is 6.41. The van der Waals surface area contributed by atoms with E-state index in [0.717, 1.165) is 36.5 Å². The van der Waals surface area contributed by atoms with E-state index >= 15 is 0 Å². The molecule has 0 aliphatic carbocycles. The second kappa shape index (κ2) is 4.84. The van der Waals surface area contributed by atoms with Crippen molar-refractivity contribution in [3.05, 3.63) is 29.7 Å². The van der Waals surface area contributed by atoms with Gasteiger partial charge in [-0.2, -0.15) is 0 Å². The van der Waals surface area contributed by atoms with E-state index in [1.54, 1.807) is 0 Å². The normalized spacial score (nSPS) is 23.3. The predicted molar refractivity (Wildman–Crippen MR) is 86.7 cm³/mol. The number of nitrogens with one attached hydrogen (secondary N) is 1. The molecule has 0 saturated carbocycles. The van der Waals surface area contributed by atoms with Crippen LogP contribution in [-0.4, -0.2) is 18.1 Å². The molecule has 1 aromatic carbocycles. The molecule has 1 atom stereocenters. The van der Waals surface area contributed by atoms with Crippen molar-refractivity contribution in [3.8, 4) is 0 Å². The van der Waals surface area contributed by atoms with Gasteiger partial charge in [-0.3, -0.25) is 0 Å². The van der Waals surface area contributed by atoms with E-state index in [1.165, 1.54) is 5.56 Å². The van der Waals surface area contributed by atoms with Gasteiger partial charge in [0.1, 0.15) is 5.52 Å². The molecule has 1 unspecified atom stereocenters. The number of fused-ring (bicyclic) bond motifs is 1. The van der Waals surface area contributed by atoms with Crippen molar-refractivity contribution < 1.29 is 4.42 Å². The van der Waals surface area contributed by atoms with Crippen LogP contribution < -0.4 is 5.32 Å². The Kier molecular flexibility index (Phi) is 3.36. The average molecular weight is 286 g/mol. The van der Waals surface area contributed by atoms with Gasteiger partial charge in [0, 0.05) is 6.54 Å². The van der Waals surface area contributed by atoms with Gasteiger partial charge in [-0.15, -0.1) is 0 Å². The molecule has 1 fully saturated rings. The molecule has 1 aliphatic heterocycles. The number of oxazole rings is 1. The molecule has 0 radical (unpaired) electrons. The van der Waals surface area contributed by atoms with E-state index in [2.05, 4.69) is 58.1 Å². The van der Waals surface area contributed by atoms with Gasteiger partial charge in [-0.05, 0) is 42.0 Å². The zero-order chi connectivity index (χ0) is 15.3. The molecule has 0 spiro atoms. The lowest BCUT2D eigenvalue weighted by molar-refractivity contribution is 0.269. The molecule has 2 aromatic rings. The van der Waals surface area contributed by atoms with Gasteiger partial charge < -0.3 is 9.73 Å². The Morgan fingerprint density at radius 3 is 2.62 bits per heavy atom. The predicted octanol–water partition coefficient (Wildman–Crippen LogP) is 4.01. The highest BCUT2D eigenvalue weighted by atomic mass is 16.3. The van der Waals surface area contributed by atoms with Gasteiger partial charge in [0.25, 0.3) is 0 Å². The smallest absolute Gasteiger partial charge is 0.203 e. The van der Waals surface area contributed by atoms with Crippen molar-refractivity contribution in [1.82, 2.24) is 10.3 Å². The zero-order valence-corrected chi connectivity index (χ0v) is 13.8. The number of hydrogen-bond donors (Lipinski definition) is 1. The second-order valence-electron chi connectivity index (χ2n) is 7.69. The third-order valence-electron chi connectivity index (χ3n) is 4.97. The summed E-state index contributed by atoms with van der Waals surface area (Å²) in [6.07, 6.45) is 1.10. The van der Waals surface area contributed by atoms with Gasteiger partial charge in [0.05, 0.1) is 5.41 Å². The first-order valence-corrected chi connectivity index (χ1v) is 7.95. The van der Waals surface area contributed by atoms with Crippen LogP contribution >= 0.6 is 0 Å². The molecule has 0 amide bonds. The lowest BCUT2D eigenvalue weighted by atomic mass is 9.76. The molecule has 1 saturated heterocycles. The third-order valence-corrected chi connectivity index (χ3v) is 4.97. The standard InChI is InChI=1S/C18H26N2O/c1-12(2)18(8-9-19-11-18)16-20-14-10-13(17(3,4)5)6-7-15(14)21-16/h6-7,10,12,19H,8-9,11H2,1-5H3. The minimum Gasteiger partial charge on any atom is -0.440 e. The van der Waals surface area contributed by atoms with Crippen molar-refractivity contribution >= 4 is 11.1 Å². The zero-order valence-electron chi connectivity index (χ0n) is 13.8. The highest BCUT2D eigenvalue weighted by molar-refractivity contribution is 5.74. The van der Waals surface area contributed by atoms with Crippen LogP contribution in [0.5, 0.6) is 0 Å². The highest BCUT2D eigenvalue weighted by Gasteiger charge is 2.43. The molecule has 21 heavy (non-hydrogen) atoms. The molecule has 3 nitrogen and oxygen atoms in total. The highest BCUT2D eigenvalue weighted by Crippen LogP contribution is 2.39. The summed E-state index contributed by atoms with van der Waals surface area (Å²) < 4.78 is 6.13. The maximum atomic E-state index is 6.13. The van der Waals surface area contributed by atoms with E-state index in [9.17, 15) is 0 Å². The fraction of sp³-hybridized carbons (Fsp3) is 0.611. The second-order valence-corrected chi connectivity index (χ2v) is 7.69. The van der Waals surface area contributed by atoms with Gasteiger partial charge in [-0.1, -0.05) is 40.7 Å². The molecule has 1 N–H and O–H groups in total. The van der Waals surface area contributed by atoms with Gasteiger partial charge in [-0.25, -0.2) is 4.98 Å². The van der Waals surface area contributed by atoms with E-state index < -0.39 is 0 Å². The van der Waals surface area contributed by atoms with Crippen molar-refractivity contribution in [2.75, 3.05) is 13.1 Å². The van der Waals surface area contributed by atoms with Crippen LogP contribution in [-0.2, 0) is 10.8 Å². The van der Waals surface area contributed by atoms with Crippen molar-refractivity contribution in [3.63, 3.8) is 0 Å². The Balaban J connectivity index is 2.09. The van der Waals surface area contributed by atoms with Crippen molar-refractivity contribution in [1.29, 1.82) is 0 Å². The van der Waals surface area contributed by atoms with Crippen LogP contribution in [0.1, 0.15) is 52.5 Å². The topological polar surface area (TPSA) is 38.1 Å². The Morgan fingerprint density at radius 2 is 2.05 bits per heavy atom. The lowest BCUT2D eigenvalue weighted by Crippen LogP contribution is -2.35. The molecule has 114 valence electrons. The summed E-state index contributed by atoms with van der Waals surface area (Å²) in [6.45, 7) is 13.2. The average Bonchev–Trinajstić information content (AvgIpc) is 3.04. The third kappa shape index (κ3) is 2.38. The number of nitrogens with zero attached hydrogens (tertiary/aromatic N) is 1. The maximum Gasteiger partial charge on any atom is 0.203 e. The van der Waals surface area contributed by atoms with Crippen LogP contribution in [0.3, 0.4) is 0 Å². The van der Waals surface area contributed by atoms with Crippen LogP contribution in [0.4, 0.5) is 0 Å². The molecular formula is C18H26N2O. The Bertz CT molecular complexity index is 643. The summed E-state index contributed by atoms with van der Waals surface area (Å²) in [5.41, 5.74) is 3.38. The van der Waals surface area contributed by atoms with Crippen LogP contribution in [0.2, 0.25) is 0 Å². The Morgan fingerprint density at radius 1 is 1.29 bits per heavy atom. The minimum absolute atomic E-state index is 0.0426. The molecule has 3 rings (SSSR count). The van der Waals surface area contributed by atoms with Gasteiger partial charge in [0.15, 0.2) is 5.58 Å². The van der Waals surface area contributed by atoms with Gasteiger partial charge in [0.2, 0.25) is 5.89 Å². The Labute approximate surface area is 127 Å². The first kappa shape index (κ1) is 14.6. The fourth-order valence-electron chi connectivity index (χ4n) is 3.24. The van der Waals surface area contributed by atoms with Gasteiger partial charge >= 0.3 is 0 Å². The number of hydrogen-bond acceptors (Lipinski definition) is 3. The molecule has 2 heterocycles. The SMILES string of the molecule is CC(C)C1(c2nc3cc(C(C)(C)C)ccc3o2)CCNC1. The summed E-state index contributed by atoms with van der Waals surface area (Å²) >= 11 is 0. The maximum absolute atomic E-state index is 6.13. The quantitative estimate of drug-likeness (QED) is 0.906. The van der Waals surface area contributed by atoms with Crippen LogP contribution in [0.15, 0.2) is 22.6 Å². The van der Waals surface area contributed by atoms with Crippen LogP contribution in [0.25, 0.3) is 11.1 Å². The molecule has 1 aromatic heterocycles. The fourth-order valence-corrected chi connectivity index (χ4v) is 3.24. The van der Waals surface area contributed by atoms with E-state index in [1.807, 2.05) is 0 Å². The van der Waals surface area contributed by atoms with Crippen molar-refractivity contribution in [2.45, 2.75) is 51.9 Å². The Hall–Kier alpha value is -1.35. The van der Waals surface area contributed by atoms with Crippen molar-refractivity contribution in [2.24, 2.45) is 5.92 Å². The van der Waals surface area contributed by atoms with E-state index in [0.29, 0.717) is 5.92 Å². The minimum atomic E-state index is 0.0426.